The third kappa shape index (κ3) is 2.28. The Morgan fingerprint density at radius 2 is 2.05 bits per heavy atom. The second-order valence-corrected chi connectivity index (χ2v) is 4.31. The quantitative estimate of drug-likeness (QED) is 0.701. The maximum Gasteiger partial charge on any atom is 0.224 e. The van der Waals surface area contributed by atoms with E-state index in [2.05, 4.69) is 20.3 Å². The lowest BCUT2D eigenvalue weighted by molar-refractivity contribution is 1.17. The van der Waals surface area contributed by atoms with E-state index in [9.17, 15) is 0 Å². The van der Waals surface area contributed by atoms with E-state index < -0.39 is 0 Å². The summed E-state index contributed by atoms with van der Waals surface area (Å²) in [4.78, 5) is 12.0. The lowest BCUT2D eigenvalue weighted by Gasteiger charge is -2.10. The molecule has 0 radical (unpaired) electrons. The minimum absolute atomic E-state index is 0.151. The van der Waals surface area contributed by atoms with Crippen molar-refractivity contribution < 1.29 is 0 Å². The third-order valence-corrected chi connectivity index (χ3v) is 2.90. The average Bonchev–Trinajstić information content (AvgIpc) is 2.43. The number of halogens is 1. The minimum atomic E-state index is 0.151. The van der Waals surface area contributed by atoms with Crippen molar-refractivity contribution in [3.8, 4) is 0 Å². The van der Waals surface area contributed by atoms with Crippen LogP contribution in [0.4, 0.5) is 17.2 Å². The van der Waals surface area contributed by atoms with Crippen LogP contribution in [0.5, 0.6) is 0 Å². The highest BCUT2D eigenvalue weighted by molar-refractivity contribution is 6.28. The number of hydrogen-bond donors (Lipinski definition) is 2. The number of hydrogen-bond acceptors (Lipinski definition) is 5. The molecule has 1 aromatic carbocycles. The van der Waals surface area contributed by atoms with Crippen LogP contribution < -0.4 is 11.1 Å². The number of benzene rings is 1. The molecule has 0 saturated heterocycles. The highest BCUT2D eigenvalue weighted by atomic mass is 35.5. The lowest BCUT2D eigenvalue weighted by atomic mass is 10.1. The first kappa shape index (κ1) is 11.7. The smallest absolute Gasteiger partial charge is 0.224 e. The number of nitrogens with one attached hydrogen (secondary N) is 1. The van der Waals surface area contributed by atoms with Gasteiger partial charge < -0.3 is 11.1 Å². The molecule has 0 atom stereocenters. The van der Waals surface area contributed by atoms with Gasteiger partial charge in [0.1, 0.15) is 0 Å². The standard InChI is InChI=1S/C13H10ClN5/c14-13-17-7-10(15)12(19-13)18-11-3-1-2-8-6-16-5-4-9(8)11/h1-7H,15H2,(H,17,18,19). The molecule has 6 heteroatoms. The van der Waals surface area contributed by atoms with Crippen LogP contribution in [0.25, 0.3) is 10.8 Å². The molecule has 19 heavy (non-hydrogen) atoms. The van der Waals surface area contributed by atoms with Crippen LogP contribution in [0.3, 0.4) is 0 Å². The maximum absolute atomic E-state index is 5.82. The summed E-state index contributed by atoms with van der Waals surface area (Å²) in [5, 5.41) is 5.39. The second-order valence-electron chi connectivity index (χ2n) is 3.97. The van der Waals surface area contributed by atoms with Crippen molar-refractivity contribution >= 4 is 39.6 Å². The molecular formula is C13H10ClN5. The molecule has 2 heterocycles. The molecule has 0 aliphatic heterocycles. The van der Waals surface area contributed by atoms with Crippen LogP contribution in [0.2, 0.25) is 5.28 Å². The fraction of sp³-hybridized carbons (Fsp3) is 0. The maximum atomic E-state index is 5.82. The molecule has 2 aromatic heterocycles. The zero-order chi connectivity index (χ0) is 13.2. The molecule has 0 amide bonds. The van der Waals surface area contributed by atoms with E-state index in [-0.39, 0.29) is 5.28 Å². The number of fused-ring (bicyclic) bond motifs is 1. The summed E-state index contributed by atoms with van der Waals surface area (Å²) in [6.07, 6.45) is 5.02. The van der Waals surface area contributed by atoms with Crippen molar-refractivity contribution in [2.75, 3.05) is 11.1 Å². The number of anilines is 3. The Balaban J connectivity index is 2.08. The number of nitrogens with zero attached hydrogens (tertiary/aromatic N) is 3. The van der Waals surface area contributed by atoms with Gasteiger partial charge in [-0.1, -0.05) is 12.1 Å². The first-order chi connectivity index (χ1) is 9.24. The highest BCUT2D eigenvalue weighted by Crippen LogP contribution is 2.27. The fourth-order valence-electron chi connectivity index (χ4n) is 1.83. The van der Waals surface area contributed by atoms with Crippen molar-refractivity contribution in [2.24, 2.45) is 0 Å². The molecule has 3 rings (SSSR count). The highest BCUT2D eigenvalue weighted by Gasteiger charge is 2.06. The van der Waals surface area contributed by atoms with E-state index in [0.717, 1.165) is 16.5 Å². The van der Waals surface area contributed by atoms with Gasteiger partial charge in [0, 0.05) is 28.9 Å². The zero-order valence-corrected chi connectivity index (χ0v) is 10.6. The average molecular weight is 272 g/mol. The number of rotatable bonds is 2. The summed E-state index contributed by atoms with van der Waals surface area (Å²) < 4.78 is 0. The molecular weight excluding hydrogens is 262 g/mol. The van der Waals surface area contributed by atoms with E-state index in [0.29, 0.717) is 11.5 Å². The summed E-state index contributed by atoms with van der Waals surface area (Å²) in [7, 11) is 0. The van der Waals surface area contributed by atoms with E-state index in [1.165, 1.54) is 6.20 Å². The summed E-state index contributed by atoms with van der Waals surface area (Å²) in [6, 6.07) is 7.80. The van der Waals surface area contributed by atoms with Gasteiger partial charge in [-0.3, -0.25) is 4.98 Å². The van der Waals surface area contributed by atoms with Crippen LogP contribution in [0, 0.1) is 0 Å². The Bertz CT molecular complexity index is 739. The van der Waals surface area contributed by atoms with Crippen LogP contribution in [0.1, 0.15) is 0 Å². The number of nitrogens with two attached hydrogens (primary N) is 1. The van der Waals surface area contributed by atoms with Crippen molar-refractivity contribution in [2.45, 2.75) is 0 Å². The second kappa shape index (κ2) is 4.70. The normalized spacial score (nSPS) is 10.6. The summed E-state index contributed by atoms with van der Waals surface area (Å²) in [5.41, 5.74) is 7.15. The number of aromatic nitrogens is 3. The van der Waals surface area contributed by atoms with Gasteiger partial charge in [0.25, 0.3) is 0 Å². The van der Waals surface area contributed by atoms with E-state index in [1.807, 2.05) is 24.3 Å². The Morgan fingerprint density at radius 3 is 2.95 bits per heavy atom. The van der Waals surface area contributed by atoms with Crippen LogP contribution in [-0.4, -0.2) is 15.0 Å². The molecule has 0 fully saturated rings. The number of pyridine rings is 1. The largest absolute Gasteiger partial charge is 0.394 e. The van der Waals surface area contributed by atoms with Gasteiger partial charge in [-0.15, -0.1) is 0 Å². The Kier molecular flexibility index (Phi) is 2.89. The SMILES string of the molecule is Nc1cnc(Cl)nc1Nc1cccc2cnccc12. The van der Waals surface area contributed by atoms with Crippen LogP contribution >= 0.6 is 11.6 Å². The molecule has 0 aliphatic carbocycles. The van der Waals surface area contributed by atoms with Gasteiger partial charge in [0.15, 0.2) is 5.82 Å². The Labute approximate surface area is 114 Å². The molecule has 3 N–H and O–H groups in total. The predicted octanol–water partition coefficient (Wildman–Crippen LogP) is 3.00. The summed E-state index contributed by atoms with van der Waals surface area (Å²) in [5.74, 6) is 0.490. The molecule has 0 aliphatic rings. The van der Waals surface area contributed by atoms with Gasteiger partial charge >= 0.3 is 0 Å². The lowest BCUT2D eigenvalue weighted by Crippen LogP contribution is -2.01. The zero-order valence-electron chi connectivity index (χ0n) is 9.84. The fourth-order valence-corrected chi connectivity index (χ4v) is 1.96. The van der Waals surface area contributed by atoms with Gasteiger partial charge in [0.05, 0.1) is 11.9 Å². The topological polar surface area (TPSA) is 76.7 Å². The molecule has 0 unspecified atom stereocenters. The monoisotopic (exact) mass is 271 g/mol. The van der Waals surface area contributed by atoms with Gasteiger partial charge in [-0.25, -0.2) is 4.98 Å². The van der Waals surface area contributed by atoms with Crippen molar-refractivity contribution in [3.63, 3.8) is 0 Å². The molecule has 0 saturated carbocycles. The van der Waals surface area contributed by atoms with Gasteiger partial charge in [0.2, 0.25) is 5.28 Å². The van der Waals surface area contributed by atoms with Crippen molar-refractivity contribution in [1.82, 2.24) is 15.0 Å². The predicted molar refractivity (Wildman–Crippen MR) is 76.5 cm³/mol. The molecule has 0 bridgehead atoms. The molecule has 0 spiro atoms. The number of nitrogen functional groups attached to an aromatic ring is 1. The van der Waals surface area contributed by atoms with E-state index in [4.69, 9.17) is 17.3 Å². The van der Waals surface area contributed by atoms with Gasteiger partial charge in [-0.2, -0.15) is 4.98 Å². The van der Waals surface area contributed by atoms with Crippen LogP contribution in [-0.2, 0) is 0 Å². The molecule has 3 aromatic rings. The van der Waals surface area contributed by atoms with Crippen molar-refractivity contribution in [3.05, 3.63) is 48.1 Å². The Hall–Kier alpha value is -2.40. The minimum Gasteiger partial charge on any atom is -0.394 e. The van der Waals surface area contributed by atoms with Crippen LogP contribution in [0.15, 0.2) is 42.9 Å². The summed E-state index contributed by atoms with van der Waals surface area (Å²) >= 11 is 5.77. The summed E-state index contributed by atoms with van der Waals surface area (Å²) in [6.45, 7) is 0. The van der Waals surface area contributed by atoms with Crippen molar-refractivity contribution in [1.29, 1.82) is 0 Å². The molecule has 94 valence electrons. The van der Waals surface area contributed by atoms with Gasteiger partial charge in [-0.05, 0) is 23.7 Å². The first-order valence-corrected chi connectivity index (χ1v) is 5.99. The molecule has 5 nitrogen and oxygen atoms in total. The third-order valence-electron chi connectivity index (χ3n) is 2.72. The first-order valence-electron chi connectivity index (χ1n) is 5.62. The Morgan fingerprint density at radius 1 is 1.16 bits per heavy atom. The van der Waals surface area contributed by atoms with E-state index >= 15 is 0 Å². The van der Waals surface area contributed by atoms with E-state index in [1.54, 1.807) is 12.4 Å².